The third-order valence-corrected chi connectivity index (χ3v) is 5.42. The molecule has 1 aromatic rings. The summed E-state index contributed by atoms with van der Waals surface area (Å²) >= 11 is 0. The quantitative estimate of drug-likeness (QED) is 0.288. The summed E-state index contributed by atoms with van der Waals surface area (Å²) in [7, 11) is 0. The van der Waals surface area contributed by atoms with Gasteiger partial charge in [-0.1, -0.05) is 44.2 Å². The molecule has 0 aliphatic rings. The fraction of sp³-hybridized carbons (Fsp3) is 0.609. The zero-order chi connectivity index (χ0) is 23.4. The van der Waals surface area contributed by atoms with Gasteiger partial charge in [0.2, 0.25) is 11.8 Å². The van der Waals surface area contributed by atoms with Crippen molar-refractivity contribution >= 4 is 17.6 Å². The smallest absolute Gasteiger partial charge is 0.245 e. The number of Topliss-reactive ketones (excluding diaryl/α,β-unsaturated/α-hetero) is 1. The Hall–Kier alpha value is -2.29. The highest BCUT2D eigenvalue weighted by Crippen LogP contribution is 2.12. The Labute approximate surface area is 185 Å². The van der Waals surface area contributed by atoms with Crippen LogP contribution in [0.2, 0.25) is 0 Å². The Morgan fingerprint density at radius 3 is 2.19 bits per heavy atom. The van der Waals surface area contributed by atoms with Crippen molar-refractivity contribution in [1.82, 2.24) is 10.6 Å². The Balaban J connectivity index is 2.69. The SMILES string of the molecule is CCC(=O)C(C)C[C@H](CN)NC(=O)[C@@H](NC(=O)CC(CN)Cc1ccccc1)C(C)O. The number of ketones is 1. The van der Waals surface area contributed by atoms with Gasteiger partial charge in [-0.3, -0.25) is 14.4 Å². The molecular formula is C23H38N4O4. The predicted molar refractivity (Wildman–Crippen MR) is 121 cm³/mol. The topological polar surface area (TPSA) is 148 Å². The Bertz CT molecular complexity index is 696. The van der Waals surface area contributed by atoms with E-state index in [1.807, 2.05) is 30.3 Å². The summed E-state index contributed by atoms with van der Waals surface area (Å²) in [6, 6.07) is 8.19. The number of benzene rings is 1. The van der Waals surface area contributed by atoms with Crippen LogP contribution in [0.3, 0.4) is 0 Å². The summed E-state index contributed by atoms with van der Waals surface area (Å²) in [6.45, 7) is 5.51. The van der Waals surface area contributed by atoms with Gasteiger partial charge in [0.1, 0.15) is 11.8 Å². The van der Waals surface area contributed by atoms with Gasteiger partial charge in [0.05, 0.1) is 6.10 Å². The van der Waals surface area contributed by atoms with Crippen LogP contribution >= 0.6 is 0 Å². The van der Waals surface area contributed by atoms with Crippen molar-refractivity contribution < 1.29 is 19.5 Å². The maximum atomic E-state index is 12.7. The first-order valence-electron chi connectivity index (χ1n) is 11.0. The first-order valence-corrected chi connectivity index (χ1v) is 11.0. The molecule has 1 rings (SSSR count). The van der Waals surface area contributed by atoms with Gasteiger partial charge in [-0.2, -0.15) is 0 Å². The van der Waals surface area contributed by atoms with Crippen molar-refractivity contribution in [1.29, 1.82) is 0 Å². The van der Waals surface area contributed by atoms with E-state index in [4.69, 9.17) is 11.5 Å². The summed E-state index contributed by atoms with van der Waals surface area (Å²) in [4.78, 5) is 37.1. The van der Waals surface area contributed by atoms with E-state index >= 15 is 0 Å². The van der Waals surface area contributed by atoms with Crippen LogP contribution in [0, 0.1) is 11.8 Å². The second kappa shape index (κ2) is 13.9. The number of carbonyl (C=O) groups is 3. The lowest BCUT2D eigenvalue weighted by Crippen LogP contribution is -2.56. The molecule has 8 nitrogen and oxygen atoms in total. The van der Waals surface area contributed by atoms with Crippen molar-refractivity contribution in [2.24, 2.45) is 23.3 Å². The molecule has 0 fully saturated rings. The third-order valence-electron chi connectivity index (χ3n) is 5.42. The van der Waals surface area contributed by atoms with E-state index in [1.54, 1.807) is 13.8 Å². The zero-order valence-corrected chi connectivity index (χ0v) is 18.8. The van der Waals surface area contributed by atoms with Crippen molar-refractivity contribution in [2.45, 2.75) is 64.6 Å². The molecule has 0 spiro atoms. The van der Waals surface area contributed by atoms with Crippen LogP contribution in [0.25, 0.3) is 0 Å². The summed E-state index contributed by atoms with van der Waals surface area (Å²) in [5.41, 5.74) is 12.7. The van der Waals surface area contributed by atoms with E-state index in [0.717, 1.165) is 5.56 Å². The molecule has 174 valence electrons. The van der Waals surface area contributed by atoms with Gasteiger partial charge < -0.3 is 27.2 Å². The first-order chi connectivity index (χ1) is 14.7. The van der Waals surface area contributed by atoms with Gasteiger partial charge in [0.25, 0.3) is 0 Å². The minimum Gasteiger partial charge on any atom is -0.391 e. The molecule has 8 heteroatoms. The fourth-order valence-corrected chi connectivity index (χ4v) is 3.50. The molecule has 0 saturated carbocycles. The molecule has 0 aliphatic heterocycles. The molecule has 0 radical (unpaired) electrons. The maximum absolute atomic E-state index is 12.7. The van der Waals surface area contributed by atoms with Gasteiger partial charge in [-0.15, -0.1) is 0 Å². The lowest BCUT2D eigenvalue weighted by molar-refractivity contribution is -0.132. The molecule has 5 atom stereocenters. The van der Waals surface area contributed by atoms with Crippen molar-refractivity contribution in [3.05, 3.63) is 35.9 Å². The van der Waals surface area contributed by atoms with Crippen LogP contribution in [0.5, 0.6) is 0 Å². The van der Waals surface area contributed by atoms with Crippen LogP contribution in [-0.2, 0) is 20.8 Å². The normalized spacial score (nSPS) is 15.9. The highest BCUT2D eigenvalue weighted by Gasteiger charge is 2.29. The van der Waals surface area contributed by atoms with Gasteiger partial charge in [0.15, 0.2) is 0 Å². The number of amides is 2. The van der Waals surface area contributed by atoms with Gasteiger partial charge in [0, 0.05) is 31.3 Å². The monoisotopic (exact) mass is 434 g/mol. The standard InChI is InChI=1S/C23H38N4O4/c1-4-20(29)15(2)10-19(14-25)26-23(31)22(16(3)28)27-21(30)12-18(13-24)11-17-8-6-5-7-9-17/h5-9,15-16,18-19,22,28H,4,10-14,24-25H2,1-3H3,(H,26,31)(H,27,30)/t15?,16?,18?,19-,22+/m1/s1. The van der Waals surface area contributed by atoms with E-state index in [-0.39, 0.29) is 36.5 Å². The largest absolute Gasteiger partial charge is 0.391 e. The lowest BCUT2D eigenvalue weighted by atomic mass is 9.95. The minimum atomic E-state index is -1.12. The molecule has 0 aliphatic carbocycles. The van der Waals surface area contributed by atoms with Crippen LogP contribution in [-0.4, -0.2) is 54.0 Å². The lowest BCUT2D eigenvalue weighted by Gasteiger charge is -2.26. The number of hydrogen-bond acceptors (Lipinski definition) is 6. The molecule has 0 aromatic heterocycles. The van der Waals surface area contributed by atoms with Gasteiger partial charge in [-0.25, -0.2) is 0 Å². The third kappa shape index (κ3) is 9.59. The number of rotatable bonds is 14. The Morgan fingerprint density at radius 2 is 1.68 bits per heavy atom. The van der Waals surface area contributed by atoms with E-state index in [2.05, 4.69) is 10.6 Å². The fourth-order valence-electron chi connectivity index (χ4n) is 3.50. The number of nitrogens with one attached hydrogen (secondary N) is 2. The van der Waals surface area contributed by atoms with E-state index < -0.39 is 24.1 Å². The van der Waals surface area contributed by atoms with Crippen molar-refractivity contribution in [3.63, 3.8) is 0 Å². The minimum absolute atomic E-state index is 0.0854. The van der Waals surface area contributed by atoms with E-state index in [0.29, 0.717) is 25.8 Å². The highest BCUT2D eigenvalue weighted by atomic mass is 16.3. The van der Waals surface area contributed by atoms with E-state index in [1.165, 1.54) is 6.92 Å². The van der Waals surface area contributed by atoms with Crippen molar-refractivity contribution in [3.8, 4) is 0 Å². The molecule has 1 aromatic carbocycles. The number of aliphatic hydroxyl groups excluding tert-OH is 1. The molecule has 0 heterocycles. The molecular weight excluding hydrogens is 396 g/mol. The number of aliphatic hydroxyl groups is 1. The molecule has 0 saturated heterocycles. The Kier molecular flexibility index (Phi) is 12.0. The van der Waals surface area contributed by atoms with E-state index in [9.17, 15) is 19.5 Å². The molecule has 3 unspecified atom stereocenters. The summed E-state index contributed by atoms with van der Waals surface area (Å²) in [6.07, 6.45) is 0.521. The van der Waals surface area contributed by atoms with Gasteiger partial charge in [-0.05, 0) is 37.8 Å². The average Bonchev–Trinajstić information content (AvgIpc) is 2.76. The summed E-state index contributed by atoms with van der Waals surface area (Å²) in [5, 5.41) is 15.4. The predicted octanol–water partition coefficient (Wildman–Crippen LogP) is 0.509. The van der Waals surface area contributed by atoms with Crippen LogP contribution in [0.1, 0.15) is 45.6 Å². The summed E-state index contributed by atoms with van der Waals surface area (Å²) in [5.74, 6) is -1.10. The molecule has 0 bridgehead atoms. The van der Waals surface area contributed by atoms with Crippen LogP contribution < -0.4 is 22.1 Å². The average molecular weight is 435 g/mol. The summed E-state index contributed by atoms with van der Waals surface area (Å²) < 4.78 is 0. The zero-order valence-electron chi connectivity index (χ0n) is 18.8. The van der Waals surface area contributed by atoms with Crippen LogP contribution in [0.4, 0.5) is 0 Å². The molecule has 7 N–H and O–H groups in total. The molecule has 31 heavy (non-hydrogen) atoms. The second-order valence-corrected chi connectivity index (χ2v) is 8.18. The molecule has 2 amide bonds. The van der Waals surface area contributed by atoms with Crippen molar-refractivity contribution in [2.75, 3.05) is 13.1 Å². The Morgan fingerprint density at radius 1 is 1.03 bits per heavy atom. The number of hydrogen-bond donors (Lipinski definition) is 5. The second-order valence-electron chi connectivity index (χ2n) is 8.18. The first kappa shape index (κ1) is 26.7. The number of nitrogens with two attached hydrogens (primary N) is 2. The van der Waals surface area contributed by atoms with Gasteiger partial charge >= 0.3 is 0 Å². The maximum Gasteiger partial charge on any atom is 0.245 e. The number of carbonyl (C=O) groups excluding carboxylic acids is 3. The van der Waals surface area contributed by atoms with Crippen LogP contribution in [0.15, 0.2) is 30.3 Å². The highest BCUT2D eigenvalue weighted by molar-refractivity contribution is 5.88.